The van der Waals surface area contributed by atoms with Crippen LogP contribution in [0.15, 0.2) is 66.7 Å². The monoisotopic (exact) mass is 573 g/mol. The van der Waals surface area contributed by atoms with Gasteiger partial charge in [-0.3, -0.25) is 9.69 Å². The van der Waals surface area contributed by atoms with Gasteiger partial charge >= 0.3 is 5.97 Å². The van der Waals surface area contributed by atoms with Gasteiger partial charge < -0.3 is 24.1 Å². The topological polar surface area (TPSA) is 77.5 Å². The van der Waals surface area contributed by atoms with Crippen LogP contribution in [-0.4, -0.2) is 55.9 Å². The summed E-state index contributed by atoms with van der Waals surface area (Å²) in [5, 5.41) is 12.5. The molecule has 0 radical (unpaired) electrons. The molecule has 5 rings (SSSR count). The summed E-state index contributed by atoms with van der Waals surface area (Å²) in [6, 6.07) is 21.0. The van der Waals surface area contributed by atoms with E-state index in [2.05, 4.69) is 4.90 Å². The van der Waals surface area contributed by atoms with Crippen molar-refractivity contribution >= 4 is 5.97 Å². The number of hydrogen-bond donors (Lipinski definition) is 1. The van der Waals surface area contributed by atoms with E-state index in [4.69, 9.17) is 18.9 Å². The predicted octanol–water partition coefficient (Wildman–Crippen LogP) is 6.12. The highest BCUT2D eigenvalue weighted by Gasteiger charge is 2.45. The van der Waals surface area contributed by atoms with Gasteiger partial charge in [-0.15, -0.1) is 0 Å². The molecule has 3 aromatic rings. The first kappa shape index (κ1) is 29.9. The van der Waals surface area contributed by atoms with Crippen molar-refractivity contribution in [3.63, 3.8) is 0 Å². The number of hydrogen-bond acceptors (Lipinski definition) is 7. The van der Waals surface area contributed by atoms with Crippen LogP contribution < -0.4 is 18.9 Å². The Morgan fingerprint density at radius 3 is 2.29 bits per heavy atom. The van der Waals surface area contributed by atoms with Gasteiger partial charge in [0, 0.05) is 24.6 Å². The minimum absolute atomic E-state index is 0.268. The standard InChI is InChI=1S/C35H43NO6/c1-34(2,3)33(37)42-29-16-17-30-32(22-29)41-24-31(26-10-14-27(39-4)15-11-26)35(30,38)23-25-8-12-28(13-9-25)40-21-20-36-18-6-5-7-19-36/h8-17,22,31,38H,5-7,18-21,23-24H2,1-4H3. The maximum Gasteiger partial charge on any atom is 0.316 e. The maximum absolute atomic E-state index is 12.5. The van der Waals surface area contributed by atoms with Crippen molar-refractivity contribution in [3.05, 3.63) is 83.4 Å². The second-order valence-corrected chi connectivity index (χ2v) is 12.4. The number of aliphatic hydroxyl groups is 1. The molecule has 42 heavy (non-hydrogen) atoms. The molecule has 2 atom stereocenters. The number of benzene rings is 3. The Morgan fingerprint density at radius 2 is 1.62 bits per heavy atom. The van der Waals surface area contributed by atoms with Crippen LogP contribution in [0, 0.1) is 5.41 Å². The number of carbonyl (C=O) groups is 1. The molecule has 224 valence electrons. The van der Waals surface area contributed by atoms with Gasteiger partial charge in [0.25, 0.3) is 0 Å². The summed E-state index contributed by atoms with van der Waals surface area (Å²) in [6.45, 7) is 9.62. The molecule has 1 N–H and O–H groups in total. The average Bonchev–Trinajstić information content (AvgIpc) is 2.98. The summed E-state index contributed by atoms with van der Waals surface area (Å²) in [5.74, 6) is 1.82. The van der Waals surface area contributed by atoms with Crippen LogP contribution in [0.1, 0.15) is 62.6 Å². The molecule has 1 fully saturated rings. The Kier molecular flexibility index (Phi) is 9.09. The molecule has 2 unspecified atom stereocenters. The van der Waals surface area contributed by atoms with Crippen molar-refractivity contribution in [3.8, 4) is 23.0 Å². The quantitative estimate of drug-likeness (QED) is 0.244. The Balaban J connectivity index is 1.37. The molecular weight excluding hydrogens is 530 g/mol. The zero-order chi connectivity index (χ0) is 29.7. The maximum atomic E-state index is 12.5. The summed E-state index contributed by atoms with van der Waals surface area (Å²) >= 11 is 0. The molecule has 0 aromatic heterocycles. The minimum Gasteiger partial charge on any atom is -0.497 e. The molecule has 2 aliphatic rings. The van der Waals surface area contributed by atoms with E-state index in [9.17, 15) is 9.90 Å². The number of nitrogens with zero attached hydrogens (tertiary/aromatic N) is 1. The number of rotatable bonds is 9. The normalized spacial score (nSPS) is 20.7. The molecule has 0 bridgehead atoms. The smallest absolute Gasteiger partial charge is 0.316 e. The third-order valence-electron chi connectivity index (χ3n) is 8.26. The molecule has 0 spiro atoms. The number of methoxy groups -OCH3 is 1. The molecule has 2 aliphatic heterocycles. The van der Waals surface area contributed by atoms with Crippen LogP contribution in [0.5, 0.6) is 23.0 Å². The van der Waals surface area contributed by atoms with Gasteiger partial charge in [0.2, 0.25) is 0 Å². The van der Waals surface area contributed by atoms with Gasteiger partial charge in [-0.25, -0.2) is 0 Å². The van der Waals surface area contributed by atoms with Crippen LogP contribution >= 0.6 is 0 Å². The number of likely N-dealkylation sites (tertiary alicyclic amines) is 1. The average molecular weight is 574 g/mol. The third kappa shape index (κ3) is 6.90. The minimum atomic E-state index is -1.27. The van der Waals surface area contributed by atoms with Gasteiger partial charge in [0.15, 0.2) is 0 Å². The molecule has 3 aromatic carbocycles. The van der Waals surface area contributed by atoms with Crippen LogP contribution in [0.4, 0.5) is 0 Å². The van der Waals surface area contributed by atoms with Crippen molar-refractivity contribution in [2.24, 2.45) is 5.41 Å². The fourth-order valence-corrected chi connectivity index (χ4v) is 5.72. The lowest BCUT2D eigenvalue weighted by atomic mass is 9.72. The Morgan fingerprint density at radius 1 is 0.952 bits per heavy atom. The lowest BCUT2D eigenvalue weighted by Gasteiger charge is -2.42. The van der Waals surface area contributed by atoms with Gasteiger partial charge in [0.1, 0.15) is 35.2 Å². The van der Waals surface area contributed by atoms with E-state index in [1.807, 2.05) is 75.4 Å². The molecule has 7 nitrogen and oxygen atoms in total. The molecule has 2 heterocycles. The van der Waals surface area contributed by atoms with E-state index in [0.29, 0.717) is 30.1 Å². The molecule has 1 saturated heterocycles. The molecule has 7 heteroatoms. The lowest BCUT2D eigenvalue weighted by Crippen LogP contribution is -2.42. The highest BCUT2D eigenvalue weighted by molar-refractivity contribution is 5.78. The molecule has 0 saturated carbocycles. The van der Waals surface area contributed by atoms with Crippen molar-refractivity contribution in [2.75, 3.05) is 40.0 Å². The first-order chi connectivity index (χ1) is 20.2. The number of esters is 1. The summed E-state index contributed by atoms with van der Waals surface area (Å²) in [5.41, 5.74) is 0.679. The molecule has 0 aliphatic carbocycles. The van der Waals surface area contributed by atoms with E-state index in [0.717, 1.165) is 42.3 Å². The first-order valence-electron chi connectivity index (χ1n) is 15.0. The molecular formula is C35H43NO6. The van der Waals surface area contributed by atoms with E-state index >= 15 is 0 Å². The fourth-order valence-electron chi connectivity index (χ4n) is 5.72. The van der Waals surface area contributed by atoms with Gasteiger partial charge in [-0.05, 0) is 94.2 Å². The van der Waals surface area contributed by atoms with Gasteiger partial charge in [-0.1, -0.05) is 30.7 Å². The second-order valence-electron chi connectivity index (χ2n) is 12.4. The van der Waals surface area contributed by atoms with Crippen molar-refractivity contribution in [1.29, 1.82) is 0 Å². The highest BCUT2D eigenvalue weighted by atomic mass is 16.5. The molecule has 0 amide bonds. The van der Waals surface area contributed by atoms with Crippen molar-refractivity contribution in [2.45, 2.75) is 58.0 Å². The second kappa shape index (κ2) is 12.8. The summed E-state index contributed by atoms with van der Waals surface area (Å²) in [7, 11) is 1.64. The lowest BCUT2D eigenvalue weighted by molar-refractivity contribution is -0.143. The van der Waals surface area contributed by atoms with E-state index in [-0.39, 0.29) is 18.5 Å². The number of ether oxygens (including phenoxy) is 4. The number of carbonyl (C=O) groups excluding carboxylic acids is 1. The summed E-state index contributed by atoms with van der Waals surface area (Å²) in [4.78, 5) is 15.0. The summed E-state index contributed by atoms with van der Waals surface area (Å²) < 4.78 is 23.2. The number of piperidine rings is 1. The van der Waals surface area contributed by atoms with Crippen LogP contribution in [0.3, 0.4) is 0 Å². The van der Waals surface area contributed by atoms with Crippen molar-refractivity contribution in [1.82, 2.24) is 4.90 Å². The Labute approximate surface area is 249 Å². The predicted molar refractivity (Wildman–Crippen MR) is 163 cm³/mol. The van der Waals surface area contributed by atoms with Crippen molar-refractivity contribution < 1.29 is 28.8 Å². The summed E-state index contributed by atoms with van der Waals surface area (Å²) in [6.07, 6.45) is 4.24. The zero-order valence-electron chi connectivity index (χ0n) is 25.2. The van der Waals surface area contributed by atoms with E-state index < -0.39 is 11.0 Å². The van der Waals surface area contributed by atoms with Gasteiger partial charge in [-0.2, -0.15) is 0 Å². The largest absolute Gasteiger partial charge is 0.497 e. The van der Waals surface area contributed by atoms with Crippen LogP contribution in [0.25, 0.3) is 0 Å². The van der Waals surface area contributed by atoms with E-state index in [1.54, 1.807) is 19.2 Å². The van der Waals surface area contributed by atoms with Crippen LogP contribution in [-0.2, 0) is 16.8 Å². The fraction of sp³-hybridized carbons (Fsp3) is 0.457. The van der Waals surface area contributed by atoms with E-state index in [1.165, 1.54) is 19.3 Å². The van der Waals surface area contributed by atoms with Crippen LogP contribution in [0.2, 0.25) is 0 Å². The Hall–Kier alpha value is -3.55. The first-order valence-corrected chi connectivity index (χ1v) is 15.0. The number of fused-ring (bicyclic) bond motifs is 1. The zero-order valence-corrected chi connectivity index (χ0v) is 25.2. The highest BCUT2D eigenvalue weighted by Crippen LogP contribution is 2.48. The third-order valence-corrected chi connectivity index (χ3v) is 8.26. The SMILES string of the molecule is COc1ccc(C2COc3cc(OC(=O)C(C)(C)C)ccc3C2(O)Cc2ccc(OCCN3CCCCC3)cc2)cc1. The Bertz CT molecular complexity index is 1340. The van der Waals surface area contributed by atoms with Gasteiger partial charge in [0.05, 0.1) is 25.0 Å².